The smallest absolute Gasteiger partial charge is 0.266 e. The van der Waals surface area contributed by atoms with Crippen molar-refractivity contribution in [2.24, 2.45) is 5.10 Å². The first-order valence-electron chi connectivity index (χ1n) is 12.8. The number of rotatable bonds is 7. The second kappa shape index (κ2) is 12.0. The van der Waals surface area contributed by atoms with E-state index in [0.29, 0.717) is 30.0 Å². The van der Waals surface area contributed by atoms with Gasteiger partial charge in [-0.1, -0.05) is 48.0 Å². The number of hydrogen-bond donors (Lipinski definition) is 0. The van der Waals surface area contributed by atoms with Gasteiger partial charge in [0.25, 0.3) is 11.9 Å². The van der Waals surface area contributed by atoms with Crippen LogP contribution in [0.15, 0.2) is 53.6 Å². The van der Waals surface area contributed by atoms with E-state index in [9.17, 15) is 0 Å². The van der Waals surface area contributed by atoms with Crippen LogP contribution in [-0.2, 0) is 0 Å². The highest BCUT2D eigenvalue weighted by Crippen LogP contribution is 2.19. The first kappa shape index (κ1) is 26.9. The van der Waals surface area contributed by atoms with E-state index in [1.807, 2.05) is 81.4 Å². The molecule has 0 atom stereocenters. The second-order valence-corrected chi connectivity index (χ2v) is 9.85. The van der Waals surface area contributed by atoms with E-state index in [2.05, 4.69) is 54.7 Å². The summed E-state index contributed by atoms with van der Waals surface area (Å²) >= 11 is 5.98. The molecule has 0 unspecified atom stereocenters. The molecule has 0 spiro atoms. The molecule has 0 N–H and O–H groups in total. The summed E-state index contributed by atoms with van der Waals surface area (Å²) in [6, 6.07) is 15.9. The SMILES string of the molecule is Cc1nnc(N2C=NN(c3nnc(C)c(C=Cc4ccc(N(C)C)cc4)n3)CC2)nc1C=Cc1ccc(Cl)cc1. The molecular weight excluding hydrogens is 524 g/mol. The lowest BCUT2D eigenvalue weighted by Crippen LogP contribution is -2.39. The van der Waals surface area contributed by atoms with Gasteiger partial charge in [-0.15, -0.1) is 20.4 Å². The van der Waals surface area contributed by atoms with Gasteiger partial charge < -0.3 is 4.90 Å². The predicted octanol–water partition coefficient (Wildman–Crippen LogP) is 5.00. The van der Waals surface area contributed by atoms with Gasteiger partial charge >= 0.3 is 0 Å². The largest absolute Gasteiger partial charge is 0.378 e. The summed E-state index contributed by atoms with van der Waals surface area (Å²) in [5.74, 6) is 0.898. The molecule has 0 radical (unpaired) electrons. The summed E-state index contributed by atoms with van der Waals surface area (Å²) in [6.07, 6.45) is 9.51. The van der Waals surface area contributed by atoms with Crippen molar-refractivity contribution in [1.82, 2.24) is 30.4 Å². The molecule has 202 valence electrons. The number of halogens is 1. The van der Waals surface area contributed by atoms with Gasteiger partial charge in [-0.05, 0) is 61.4 Å². The zero-order valence-electron chi connectivity index (χ0n) is 22.8. The number of hydrogen-bond acceptors (Lipinski definition) is 10. The number of aryl methyl sites for hydroxylation is 2. The van der Waals surface area contributed by atoms with Gasteiger partial charge in [-0.3, -0.25) is 4.90 Å². The summed E-state index contributed by atoms with van der Waals surface area (Å²) in [6.45, 7) is 4.88. The normalized spacial score (nSPS) is 13.5. The lowest BCUT2D eigenvalue weighted by atomic mass is 10.1. The monoisotopic (exact) mass is 552 g/mol. The molecule has 40 heavy (non-hydrogen) atoms. The highest BCUT2D eigenvalue weighted by molar-refractivity contribution is 6.30. The molecule has 0 bridgehead atoms. The van der Waals surface area contributed by atoms with E-state index in [4.69, 9.17) is 21.6 Å². The maximum Gasteiger partial charge on any atom is 0.266 e. The third-order valence-electron chi connectivity index (χ3n) is 6.28. The topological polar surface area (TPSA) is 99.4 Å². The van der Waals surface area contributed by atoms with Crippen LogP contribution in [0, 0.1) is 13.8 Å². The van der Waals surface area contributed by atoms with E-state index < -0.39 is 0 Å². The summed E-state index contributed by atoms with van der Waals surface area (Å²) in [5, 5.41) is 24.1. The van der Waals surface area contributed by atoms with Crippen molar-refractivity contribution >= 4 is 59.8 Å². The van der Waals surface area contributed by atoms with Crippen molar-refractivity contribution in [3.63, 3.8) is 0 Å². The third kappa shape index (κ3) is 6.47. The Labute approximate surface area is 238 Å². The van der Waals surface area contributed by atoms with Gasteiger partial charge in [0.2, 0.25) is 0 Å². The molecule has 0 aliphatic carbocycles. The Hall–Kier alpha value is -4.70. The molecule has 0 saturated heterocycles. The van der Waals surface area contributed by atoms with E-state index in [-0.39, 0.29) is 0 Å². The predicted molar refractivity (Wildman–Crippen MR) is 162 cm³/mol. The molecule has 2 aromatic carbocycles. The van der Waals surface area contributed by atoms with Crippen molar-refractivity contribution in [3.8, 4) is 0 Å². The Morgan fingerprint density at radius 2 is 1.25 bits per heavy atom. The van der Waals surface area contributed by atoms with Gasteiger partial charge in [0.05, 0.1) is 29.3 Å². The average molecular weight is 553 g/mol. The fourth-order valence-corrected chi connectivity index (χ4v) is 3.99. The second-order valence-electron chi connectivity index (χ2n) is 9.42. The van der Waals surface area contributed by atoms with Crippen molar-refractivity contribution in [2.75, 3.05) is 42.0 Å². The summed E-state index contributed by atoms with van der Waals surface area (Å²) in [7, 11) is 4.04. The van der Waals surface area contributed by atoms with Crippen LogP contribution in [0.4, 0.5) is 17.6 Å². The first-order valence-corrected chi connectivity index (χ1v) is 13.1. The molecule has 1 aliphatic heterocycles. The standard InChI is InChI=1S/C29H29ClN10/c1-20-26(15-9-22-5-11-24(30)12-6-22)32-28(36-34-20)39-17-18-40(31-19-39)29-33-27(21(2)35-37-29)16-10-23-7-13-25(14-8-23)38(3)4/h5-16,19H,17-18H2,1-4H3. The minimum Gasteiger partial charge on any atom is -0.378 e. The van der Waals surface area contributed by atoms with E-state index in [1.165, 1.54) is 0 Å². The number of nitrogens with zero attached hydrogens (tertiary/aromatic N) is 10. The Kier molecular flexibility index (Phi) is 8.07. The van der Waals surface area contributed by atoms with Crippen LogP contribution < -0.4 is 14.8 Å². The molecular formula is C29H29ClN10. The third-order valence-corrected chi connectivity index (χ3v) is 6.53. The molecule has 0 amide bonds. The zero-order chi connectivity index (χ0) is 28.1. The highest BCUT2D eigenvalue weighted by atomic mass is 35.5. The molecule has 0 fully saturated rings. The zero-order valence-corrected chi connectivity index (χ0v) is 23.5. The van der Waals surface area contributed by atoms with Crippen molar-refractivity contribution < 1.29 is 0 Å². The van der Waals surface area contributed by atoms with Crippen molar-refractivity contribution in [1.29, 1.82) is 0 Å². The molecule has 1 aliphatic rings. The maximum absolute atomic E-state index is 5.98. The fourth-order valence-electron chi connectivity index (χ4n) is 3.86. The van der Waals surface area contributed by atoms with Gasteiger partial charge in [-0.2, -0.15) is 5.10 Å². The Balaban J connectivity index is 1.28. The van der Waals surface area contributed by atoms with Crippen LogP contribution in [0.5, 0.6) is 0 Å². The molecule has 11 heteroatoms. The quantitative estimate of drug-likeness (QED) is 0.313. The first-order chi connectivity index (χ1) is 19.4. The Morgan fingerprint density at radius 3 is 1.80 bits per heavy atom. The van der Waals surface area contributed by atoms with Crippen molar-refractivity contribution in [2.45, 2.75) is 13.8 Å². The molecule has 0 saturated carbocycles. The van der Waals surface area contributed by atoms with Crippen molar-refractivity contribution in [3.05, 3.63) is 87.5 Å². The lowest BCUT2D eigenvalue weighted by Gasteiger charge is -2.27. The van der Waals surface area contributed by atoms with E-state index in [0.717, 1.165) is 39.6 Å². The summed E-state index contributed by atoms with van der Waals surface area (Å²) < 4.78 is 0. The maximum atomic E-state index is 5.98. The Bertz CT molecular complexity index is 1560. The van der Waals surface area contributed by atoms with Gasteiger partial charge in [0, 0.05) is 31.4 Å². The number of hydrazone groups is 1. The minimum atomic E-state index is 0.429. The number of aromatic nitrogens is 6. The number of benzene rings is 2. The van der Waals surface area contributed by atoms with E-state index >= 15 is 0 Å². The summed E-state index contributed by atoms with van der Waals surface area (Å²) in [5.41, 5.74) is 6.18. The molecule has 4 aromatic rings. The average Bonchev–Trinajstić information content (AvgIpc) is 2.97. The number of anilines is 3. The van der Waals surface area contributed by atoms with Gasteiger partial charge in [0.15, 0.2) is 0 Å². The molecule has 5 rings (SSSR count). The van der Waals surface area contributed by atoms with Crippen LogP contribution in [-0.4, -0.2) is 63.9 Å². The van der Waals surface area contributed by atoms with Gasteiger partial charge in [-0.25, -0.2) is 15.0 Å². The van der Waals surface area contributed by atoms with E-state index in [1.54, 1.807) is 11.3 Å². The van der Waals surface area contributed by atoms with Crippen LogP contribution >= 0.6 is 11.6 Å². The molecule has 2 aromatic heterocycles. The Morgan fingerprint density at radius 1 is 0.700 bits per heavy atom. The van der Waals surface area contributed by atoms with Crippen LogP contribution in [0.25, 0.3) is 24.3 Å². The molecule has 3 heterocycles. The summed E-state index contributed by atoms with van der Waals surface area (Å²) in [4.78, 5) is 13.3. The van der Waals surface area contributed by atoms with Gasteiger partial charge in [0.1, 0.15) is 6.34 Å². The fraction of sp³-hybridized carbons (Fsp3) is 0.207. The minimum absolute atomic E-state index is 0.429. The lowest BCUT2D eigenvalue weighted by molar-refractivity contribution is 0.730. The highest BCUT2D eigenvalue weighted by Gasteiger charge is 2.20. The van der Waals surface area contributed by atoms with Crippen LogP contribution in [0.3, 0.4) is 0 Å². The van der Waals surface area contributed by atoms with Crippen LogP contribution in [0.1, 0.15) is 33.9 Å². The van der Waals surface area contributed by atoms with Crippen LogP contribution in [0.2, 0.25) is 5.02 Å². The molecule has 10 nitrogen and oxygen atoms in total.